The molecule has 1 aliphatic carbocycles. The summed E-state index contributed by atoms with van der Waals surface area (Å²) in [5.41, 5.74) is 0.938. The van der Waals surface area contributed by atoms with Gasteiger partial charge in [-0.05, 0) is 19.8 Å². The van der Waals surface area contributed by atoms with E-state index in [1.165, 1.54) is 31.3 Å². The molecule has 0 aromatic heterocycles. The first-order valence-electron chi connectivity index (χ1n) is 5.98. The van der Waals surface area contributed by atoms with Crippen LogP contribution in [0, 0.1) is 5.92 Å². The summed E-state index contributed by atoms with van der Waals surface area (Å²) in [4.78, 5) is 0. The van der Waals surface area contributed by atoms with Crippen LogP contribution in [0.4, 0.5) is 0 Å². The summed E-state index contributed by atoms with van der Waals surface area (Å²) in [7, 11) is 0. The molecule has 14 heavy (non-hydrogen) atoms. The Bertz CT molecular complexity index is 207. The summed E-state index contributed by atoms with van der Waals surface area (Å²) in [6.45, 7) is 6.48. The highest BCUT2D eigenvalue weighted by atomic mass is 16.3. The van der Waals surface area contributed by atoms with Crippen LogP contribution in [0.15, 0.2) is 11.6 Å². The van der Waals surface area contributed by atoms with E-state index < -0.39 is 5.60 Å². The summed E-state index contributed by atoms with van der Waals surface area (Å²) < 4.78 is 0. The minimum Gasteiger partial charge on any atom is -0.389 e. The van der Waals surface area contributed by atoms with E-state index in [9.17, 15) is 5.11 Å². The lowest BCUT2D eigenvalue weighted by Gasteiger charge is -2.28. The first kappa shape index (κ1) is 11.8. The lowest BCUT2D eigenvalue weighted by atomic mass is 9.86. The van der Waals surface area contributed by atoms with E-state index in [0.29, 0.717) is 5.92 Å². The molecule has 0 aliphatic heterocycles. The van der Waals surface area contributed by atoms with E-state index >= 15 is 0 Å². The van der Waals surface area contributed by atoms with Gasteiger partial charge in [0.1, 0.15) is 0 Å². The van der Waals surface area contributed by atoms with Crippen LogP contribution in [-0.2, 0) is 0 Å². The van der Waals surface area contributed by atoms with Gasteiger partial charge in [-0.3, -0.25) is 0 Å². The summed E-state index contributed by atoms with van der Waals surface area (Å²) >= 11 is 0. The zero-order chi connectivity index (χ0) is 10.6. The molecular weight excluding hydrogens is 172 g/mol. The minimum absolute atomic E-state index is 0.351. The Hall–Kier alpha value is -0.300. The minimum atomic E-state index is -0.419. The van der Waals surface area contributed by atoms with Crippen LogP contribution in [0.25, 0.3) is 0 Å². The predicted molar refractivity (Wildman–Crippen MR) is 61.2 cm³/mol. The van der Waals surface area contributed by atoms with Crippen molar-refractivity contribution in [2.45, 2.75) is 64.9 Å². The zero-order valence-electron chi connectivity index (χ0n) is 9.84. The van der Waals surface area contributed by atoms with Gasteiger partial charge in [-0.2, -0.15) is 0 Å². The Morgan fingerprint density at radius 2 is 2.14 bits per heavy atom. The molecule has 0 fully saturated rings. The van der Waals surface area contributed by atoms with Crippen molar-refractivity contribution in [3.63, 3.8) is 0 Å². The lowest BCUT2D eigenvalue weighted by Crippen LogP contribution is -2.31. The molecule has 0 spiro atoms. The van der Waals surface area contributed by atoms with Gasteiger partial charge in [0, 0.05) is 5.92 Å². The number of rotatable bonds is 5. The molecule has 1 aliphatic rings. The molecule has 2 atom stereocenters. The van der Waals surface area contributed by atoms with Crippen molar-refractivity contribution in [2.24, 2.45) is 5.92 Å². The van der Waals surface area contributed by atoms with Gasteiger partial charge < -0.3 is 5.11 Å². The second-order valence-corrected chi connectivity index (χ2v) is 4.89. The van der Waals surface area contributed by atoms with Gasteiger partial charge in [0.25, 0.3) is 0 Å². The van der Waals surface area contributed by atoms with Gasteiger partial charge in [-0.1, -0.05) is 51.2 Å². The van der Waals surface area contributed by atoms with E-state index in [4.69, 9.17) is 0 Å². The average Bonchev–Trinajstić information content (AvgIpc) is 2.36. The number of unbranched alkanes of at least 4 members (excludes halogenated alkanes) is 3. The molecule has 0 aromatic rings. The quantitative estimate of drug-likeness (QED) is 0.525. The normalized spacial score (nSPS) is 32.0. The highest BCUT2D eigenvalue weighted by Gasteiger charge is 2.36. The Kier molecular flexibility index (Phi) is 4.18. The molecule has 1 N–H and O–H groups in total. The van der Waals surface area contributed by atoms with Crippen LogP contribution in [0.1, 0.15) is 59.3 Å². The fourth-order valence-corrected chi connectivity index (χ4v) is 2.46. The summed E-state index contributed by atoms with van der Waals surface area (Å²) in [5, 5.41) is 10.4. The summed E-state index contributed by atoms with van der Waals surface area (Å²) in [5.74, 6) is 0.351. The maximum atomic E-state index is 10.4. The Morgan fingerprint density at radius 3 is 2.64 bits per heavy atom. The Labute approximate surface area is 88.2 Å². The van der Waals surface area contributed by atoms with Crippen molar-refractivity contribution in [3.05, 3.63) is 11.6 Å². The van der Waals surface area contributed by atoms with Crippen LogP contribution in [-0.4, -0.2) is 10.7 Å². The van der Waals surface area contributed by atoms with Gasteiger partial charge in [-0.25, -0.2) is 0 Å². The van der Waals surface area contributed by atoms with Crippen molar-refractivity contribution in [1.82, 2.24) is 0 Å². The number of hydrogen-bond acceptors (Lipinski definition) is 1. The molecule has 0 bridgehead atoms. The molecule has 0 radical (unpaired) electrons. The fraction of sp³-hybridized carbons (Fsp3) is 0.846. The third-order valence-electron chi connectivity index (χ3n) is 3.43. The molecular formula is C13H24O. The first-order valence-corrected chi connectivity index (χ1v) is 5.98. The van der Waals surface area contributed by atoms with Crippen molar-refractivity contribution in [2.75, 3.05) is 0 Å². The molecule has 0 aromatic carbocycles. The van der Waals surface area contributed by atoms with Gasteiger partial charge in [0.2, 0.25) is 0 Å². The first-order chi connectivity index (χ1) is 6.58. The molecule has 1 heteroatoms. The van der Waals surface area contributed by atoms with E-state index in [0.717, 1.165) is 12.8 Å². The van der Waals surface area contributed by atoms with Crippen molar-refractivity contribution in [1.29, 1.82) is 0 Å². The molecule has 0 saturated heterocycles. The maximum Gasteiger partial charge on any atom is 0.0744 e. The fourth-order valence-electron chi connectivity index (χ4n) is 2.46. The standard InChI is InChI=1S/C13H24O/c1-4-5-6-7-8-13(14)10-11(2)9-12(13)3/h9,12,14H,4-8,10H2,1-3H3. The molecule has 0 saturated carbocycles. The van der Waals surface area contributed by atoms with Crippen molar-refractivity contribution in [3.8, 4) is 0 Å². The van der Waals surface area contributed by atoms with Crippen molar-refractivity contribution < 1.29 is 5.11 Å². The highest BCUT2D eigenvalue weighted by Crippen LogP contribution is 2.37. The molecule has 0 heterocycles. The van der Waals surface area contributed by atoms with Crippen LogP contribution < -0.4 is 0 Å². The molecule has 82 valence electrons. The zero-order valence-corrected chi connectivity index (χ0v) is 9.84. The van der Waals surface area contributed by atoms with Gasteiger partial charge in [0.05, 0.1) is 5.60 Å². The molecule has 2 unspecified atom stereocenters. The topological polar surface area (TPSA) is 20.2 Å². The Morgan fingerprint density at radius 1 is 1.43 bits per heavy atom. The van der Waals surface area contributed by atoms with Crippen LogP contribution in [0.5, 0.6) is 0 Å². The van der Waals surface area contributed by atoms with Crippen molar-refractivity contribution >= 4 is 0 Å². The second-order valence-electron chi connectivity index (χ2n) is 4.89. The van der Waals surface area contributed by atoms with E-state index in [2.05, 4.69) is 26.8 Å². The van der Waals surface area contributed by atoms with Gasteiger partial charge in [0.15, 0.2) is 0 Å². The maximum absolute atomic E-state index is 10.4. The highest BCUT2D eigenvalue weighted by molar-refractivity contribution is 5.17. The van der Waals surface area contributed by atoms with E-state index in [1.807, 2.05) is 0 Å². The van der Waals surface area contributed by atoms with Gasteiger partial charge in [-0.15, -0.1) is 0 Å². The van der Waals surface area contributed by atoms with Gasteiger partial charge >= 0.3 is 0 Å². The summed E-state index contributed by atoms with van der Waals surface area (Å²) in [6.07, 6.45) is 9.10. The number of hydrogen-bond donors (Lipinski definition) is 1. The summed E-state index contributed by atoms with van der Waals surface area (Å²) in [6, 6.07) is 0. The van der Waals surface area contributed by atoms with Crippen LogP contribution >= 0.6 is 0 Å². The molecule has 1 nitrogen and oxygen atoms in total. The largest absolute Gasteiger partial charge is 0.389 e. The van der Waals surface area contributed by atoms with Crippen LogP contribution in [0.3, 0.4) is 0 Å². The van der Waals surface area contributed by atoms with E-state index in [-0.39, 0.29) is 0 Å². The second kappa shape index (κ2) is 4.97. The van der Waals surface area contributed by atoms with E-state index in [1.54, 1.807) is 0 Å². The SMILES string of the molecule is CCCCCCC1(O)CC(C)=CC1C. The number of aliphatic hydroxyl groups is 1. The molecule has 1 rings (SSSR count). The Balaban J connectivity index is 2.30. The van der Waals surface area contributed by atoms with Crippen LogP contribution in [0.2, 0.25) is 0 Å². The predicted octanol–water partition coefficient (Wildman–Crippen LogP) is 3.67. The monoisotopic (exact) mass is 196 g/mol. The third-order valence-corrected chi connectivity index (χ3v) is 3.43. The lowest BCUT2D eigenvalue weighted by molar-refractivity contribution is 0.00564. The smallest absolute Gasteiger partial charge is 0.0744 e. The average molecular weight is 196 g/mol. The third kappa shape index (κ3) is 2.84. The molecule has 0 amide bonds.